The highest BCUT2D eigenvalue weighted by Gasteiger charge is 2.14. The Morgan fingerprint density at radius 1 is 1.33 bits per heavy atom. The molecule has 2 unspecified atom stereocenters. The van der Waals surface area contributed by atoms with Crippen molar-refractivity contribution in [2.45, 2.75) is 39.7 Å². The van der Waals surface area contributed by atoms with Gasteiger partial charge in [0.25, 0.3) is 0 Å². The van der Waals surface area contributed by atoms with E-state index >= 15 is 0 Å². The topological polar surface area (TPSA) is 37.8 Å². The van der Waals surface area contributed by atoms with E-state index in [1.165, 1.54) is 9.88 Å². The first-order valence-electron chi connectivity index (χ1n) is 6.14. The predicted octanol–water partition coefficient (Wildman–Crippen LogP) is 3.67. The van der Waals surface area contributed by atoms with Crippen LogP contribution < -0.4 is 5.32 Å². The van der Waals surface area contributed by atoms with E-state index in [2.05, 4.69) is 43.0 Å². The first kappa shape index (κ1) is 13.6. The Bertz CT molecular complexity index is 490. The van der Waals surface area contributed by atoms with Gasteiger partial charge >= 0.3 is 0 Å². The lowest BCUT2D eigenvalue weighted by atomic mass is 10.1. The van der Waals surface area contributed by atoms with E-state index in [1.807, 2.05) is 11.6 Å². The number of aromatic nitrogens is 2. The molecule has 98 valence electrons. The summed E-state index contributed by atoms with van der Waals surface area (Å²) in [5.74, 6) is 0.460. The lowest BCUT2D eigenvalue weighted by molar-refractivity contribution is 0.539. The molecule has 1 N–H and O–H groups in total. The maximum absolute atomic E-state index is 4.48. The van der Waals surface area contributed by atoms with Gasteiger partial charge in [-0.25, -0.2) is 9.97 Å². The van der Waals surface area contributed by atoms with Gasteiger partial charge in [0.2, 0.25) is 0 Å². The second-order valence-corrected chi connectivity index (χ2v) is 6.74. The van der Waals surface area contributed by atoms with Crippen molar-refractivity contribution in [2.75, 3.05) is 6.54 Å². The molecule has 0 fully saturated rings. The predicted molar refractivity (Wildman–Crippen MR) is 78.5 cm³/mol. The summed E-state index contributed by atoms with van der Waals surface area (Å²) in [5, 5.41) is 7.96. The Kier molecular flexibility index (Phi) is 4.48. The van der Waals surface area contributed by atoms with Crippen LogP contribution >= 0.6 is 22.7 Å². The summed E-state index contributed by atoms with van der Waals surface area (Å²) in [7, 11) is 0. The summed E-state index contributed by atoms with van der Waals surface area (Å²) in [6.07, 6.45) is 1.87. The summed E-state index contributed by atoms with van der Waals surface area (Å²) < 4.78 is 0. The monoisotopic (exact) mass is 281 g/mol. The average Bonchev–Trinajstić information content (AvgIpc) is 2.95. The van der Waals surface area contributed by atoms with Gasteiger partial charge in [-0.1, -0.05) is 6.92 Å². The van der Waals surface area contributed by atoms with E-state index in [0.717, 1.165) is 17.2 Å². The molecule has 0 aromatic carbocycles. The Morgan fingerprint density at radius 3 is 2.67 bits per heavy atom. The molecule has 3 nitrogen and oxygen atoms in total. The van der Waals surface area contributed by atoms with E-state index < -0.39 is 0 Å². The molecule has 0 bridgehead atoms. The second kappa shape index (κ2) is 5.91. The quantitative estimate of drug-likeness (QED) is 0.908. The fourth-order valence-electron chi connectivity index (χ4n) is 1.96. The van der Waals surface area contributed by atoms with Gasteiger partial charge in [-0.05, 0) is 20.8 Å². The molecule has 0 aliphatic carbocycles. The van der Waals surface area contributed by atoms with Gasteiger partial charge < -0.3 is 5.32 Å². The number of hydrogen-bond donors (Lipinski definition) is 1. The number of rotatable bonds is 5. The molecule has 18 heavy (non-hydrogen) atoms. The van der Waals surface area contributed by atoms with Crippen LogP contribution in [-0.4, -0.2) is 16.5 Å². The van der Waals surface area contributed by atoms with Crippen molar-refractivity contribution in [2.24, 2.45) is 0 Å². The number of aryl methyl sites for hydroxylation is 2. The van der Waals surface area contributed by atoms with Crippen molar-refractivity contribution in [3.05, 3.63) is 32.2 Å². The van der Waals surface area contributed by atoms with E-state index in [4.69, 9.17) is 0 Å². The third-order valence-corrected chi connectivity index (χ3v) is 5.20. The van der Waals surface area contributed by atoms with E-state index in [0.29, 0.717) is 12.0 Å². The third kappa shape index (κ3) is 3.16. The van der Waals surface area contributed by atoms with Crippen LogP contribution in [0.15, 0.2) is 11.6 Å². The molecule has 2 aromatic rings. The zero-order chi connectivity index (χ0) is 13.1. The lowest BCUT2D eigenvalue weighted by Gasteiger charge is -2.15. The third-order valence-electron chi connectivity index (χ3n) is 2.94. The summed E-state index contributed by atoms with van der Waals surface area (Å²) in [6.45, 7) is 9.51. The minimum Gasteiger partial charge on any atom is -0.309 e. The van der Waals surface area contributed by atoms with Crippen LogP contribution in [0.4, 0.5) is 0 Å². The molecule has 0 saturated carbocycles. The highest BCUT2D eigenvalue weighted by molar-refractivity contribution is 7.11. The first-order chi connectivity index (χ1) is 8.58. The standard InChI is InChI=1S/C13H19N3S2/c1-8(13-14-5-6-17-13)7-15-9(2)12-10(3)16-11(4)18-12/h5-6,8-9,15H,7H2,1-4H3. The minimum atomic E-state index is 0.360. The highest BCUT2D eigenvalue weighted by atomic mass is 32.1. The minimum absolute atomic E-state index is 0.360. The van der Waals surface area contributed by atoms with E-state index in [-0.39, 0.29) is 0 Å². The van der Waals surface area contributed by atoms with Crippen molar-refractivity contribution in [1.29, 1.82) is 0 Å². The number of hydrogen-bond acceptors (Lipinski definition) is 5. The zero-order valence-electron chi connectivity index (χ0n) is 11.2. The molecule has 0 radical (unpaired) electrons. The van der Waals surface area contributed by atoms with Gasteiger partial charge in [-0.3, -0.25) is 0 Å². The normalized spacial score (nSPS) is 14.7. The van der Waals surface area contributed by atoms with Crippen LogP contribution in [-0.2, 0) is 0 Å². The van der Waals surface area contributed by atoms with Gasteiger partial charge in [0.1, 0.15) is 0 Å². The Balaban J connectivity index is 1.92. The summed E-state index contributed by atoms with van der Waals surface area (Å²) in [6, 6.07) is 0.360. The van der Waals surface area contributed by atoms with E-state index in [9.17, 15) is 0 Å². The van der Waals surface area contributed by atoms with Gasteiger partial charge in [-0.2, -0.15) is 0 Å². The van der Waals surface area contributed by atoms with Crippen LogP contribution in [0.2, 0.25) is 0 Å². The van der Waals surface area contributed by atoms with Crippen LogP contribution in [0.5, 0.6) is 0 Å². The number of thiazole rings is 2. The fourth-order valence-corrected chi connectivity index (χ4v) is 3.61. The number of nitrogens with one attached hydrogen (secondary N) is 1. The molecule has 0 aliphatic heterocycles. The molecule has 0 aliphatic rings. The van der Waals surface area contributed by atoms with Gasteiger partial charge in [0, 0.05) is 35.0 Å². The Labute approximate surface area is 116 Å². The first-order valence-corrected chi connectivity index (χ1v) is 7.84. The lowest BCUT2D eigenvalue weighted by Crippen LogP contribution is -2.23. The molecule has 2 aromatic heterocycles. The Morgan fingerprint density at radius 2 is 2.11 bits per heavy atom. The van der Waals surface area contributed by atoms with Crippen molar-refractivity contribution in [3.8, 4) is 0 Å². The molecule has 0 amide bonds. The largest absolute Gasteiger partial charge is 0.309 e. The van der Waals surface area contributed by atoms with Crippen molar-refractivity contribution < 1.29 is 0 Å². The van der Waals surface area contributed by atoms with Crippen molar-refractivity contribution in [1.82, 2.24) is 15.3 Å². The molecule has 2 rings (SSSR count). The highest BCUT2D eigenvalue weighted by Crippen LogP contribution is 2.25. The van der Waals surface area contributed by atoms with Gasteiger partial charge in [-0.15, -0.1) is 22.7 Å². The smallest absolute Gasteiger partial charge is 0.0965 e. The van der Waals surface area contributed by atoms with Gasteiger partial charge in [0.05, 0.1) is 15.7 Å². The molecule has 5 heteroatoms. The van der Waals surface area contributed by atoms with Gasteiger partial charge in [0.15, 0.2) is 0 Å². The van der Waals surface area contributed by atoms with Crippen molar-refractivity contribution in [3.63, 3.8) is 0 Å². The summed E-state index contributed by atoms with van der Waals surface area (Å²) in [5.41, 5.74) is 1.15. The Hall–Kier alpha value is -0.780. The maximum Gasteiger partial charge on any atom is 0.0965 e. The fraction of sp³-hybridized carbons (Fsp3) is 0.538. The van der Waals surface area contributed by atoms with Crippen LogP contribution in [0.25, 0.3) is 0 Å². The second-order valence-electron chi connectivity index (χ2n) is 4.58. The van der Waals surface area contributed by atoms with Crippen LogP contribution in [0.3, 0.4) is 0 Å². The van der Waals surface area contributed by atoms with E-state index in [1.54, 1.807) is 22.7 Å². The van der Waals surface area contributed by atoms with Crippen molar-refractivity contribution >= 4 is 22.7 Å². The molecular formula is C13H19N3S2. The molecule has 0 saturated heterocycles. The zero-order valence-corrected chi connectivity index (χ0v) is 12.9. The van der Waals surface area contributed by atoms with Crippen LogP contribution in [0.1, 0.15) is 46.4 Å². The maximum atomic E-state index is 4.48. The van der Waals surface area contributed by atoms with Crippen LogP contribution in [0, 0.1) is 13.8 Å². The number of nitrogens with zero attached hydrogens (tertiary/aromatic N) is 2. The summed E-state index contributed by atoms with van der Waals surface area (Å²) in [4.78, 5) is 10.2. The molecular weight excluding hydrogens is 262 g/mol. The SMILES string of the molecule is Cc1nc(C)c(C(C)NCC(C)c2nccs2)s1. The summed E-state index contributed by atoms with van der Waals surface area (Å²) >= 11 is 3.51. The molecule has 2 heterocycles. The molecule has 0 spiro atoms. The molecule has 2 atom stereocenters. The average molecular weight is 281 g/mol.